The fraction of sp³-hybridized carbons (Fsp3) is 0.714. The second kappa shape index (κ2) is 9.44. The average molecular weight is 318 g/mol. The van der Waals surface area contributed by atoms with Crippen LogP contribution in [0.1, 0.15) is 59.8 Å². The molecule has 130 valence electrons. The zero-order valence-corrected chi connectivity index (χ0v) is 15.5. The highest BCUT2D eigenvalue weighted by atomic mass is 16.5. The van der Waals surface area contributed by atoms with Crippen LogP contribution in [-0.4, -0.2) is 30.3 Å². The normalized spacial score (nSPS) is 33.0. The number of hydrogen-bond acceptors (Lipinski definition) is 2. The van der Waals surface area contributed by atoms with Crippen LogP contribution in [0.15, 0.2) is 36.0 Å². The Morgan fingerprint density at radius 2 is 2.09 bits per heavy atom. The quantitative estimate of drug-likeness (QED) is 0.589. The number of hydrogen-bond donors (Lipinski definition) is 0. The molecule has 0 aromatic carbocycles. The summed E-state index contributed by atoms with van der Waals surface area (Å²) in [4.78, 5) is 2.57. The Balaban J connectivity index is 2.03. The molecule has 23 heavy (non-hydrogen) atoms. The van der Waals surface area contributed by atoms with Crippen molar-refractivity contribution in [3.05, 3.63) is 36.0 Å². The minimum Gasteiger partial charge on any atom is -0.359 e. The van der Waals surface area contributed by atoms with Gasteiger partial charge in [0.25, 0.3) is 0 Å². The Labute approximate surface area is 143 Å². The van der Waals surface area contributed by atoms with Gasteiger partial charge >= 0.3 is 0 Å². The Kier molecular flexibility index (Phi) is 7.58. The SMILES string of the molecule is CCC=CC(=CC=CC1C(C)OC2C1CCCN2CCC)CC. The van der Waals surface area contributed by atoms with E-state index < -0.39 is 0 Å². The summed E-state index contributed by atoms with van der Waals surface area (Å²) in [5, 5.41) is 0. The first-order valence-corrected chi connectivity index (χ1v) is 9.64. The summed E-state index contributed by atoms with van der Waals surface area (Å²) < 4.78 is 6.33. The molecular weight excluding hydrogens is 282 g/mol. The third-order valence-electron chi connectivity index (χ3n) is 5.23. The summed E-state index contributed by atoms with van der Waals surface area (Å²) in [6.45, 7) is 11.3. The molecule has 0 aromatic heterocycles. The van der Waals surface area contributed by atoms with Gasteiger partial charge in [-0.05, 0) is 44.6 Å². The standard InChI is InChI=1S/C21H35NO/c1-5-8-11-18(7-3)12-9-13-19-17(4)23-21-20(19)14-10-16-22(21)15-6-2/h8-9,11-13,17,19-21H,5-7,10,14-16H2,1-4H3. The second-order valence-corrected chi connectivity index (χ2v) is 6.94. The fourth-order valence-electron chi connectivity index (χ4n) is 3.99. The zero-order chi connectivity index (χ0) is 16.7. The maximum atomic E-state index is 6.33. The fourth-order valence-corrected chi connectivity index (χ4v) is 3.99. The molecule has 0 N–H and O–H groups in total. The first-order valence-electron chi connectivity index (χ1n) is 9.64. The second-order valence-electron chi connectivity index (χ2n) is 6.94. The maximum absolute atomic E-state index is 6.33. The first kappa shape index (κ1) is 18.5. The van der Waals surface area contributed by atoms with Gasteiger partial charge in [-0.15, -0.1) is 0 Å². The van der Waals surface area contributed by atoms with E-state index in [0.717, 1.165) is 12.8 Å². The number of ether oxygens (including phenoxy) is 1. The van der Waals surface area contributed by atoms with E-state index >= 15 is 0 Å². The van der Waals surface area contributed by atoms with Gasteiger partial charge in [-0.3, -0.25) is 4.90 Å². The molecule has 4 atom stereocenters. The molecule has 2 heteroatoms. The van der Waals surface area contributed by atoms with Gasteiger partial charge < -0.3 is 4.74 Å². The van der Waals surface area contributed by atoms with Gasteiger partial charge in [0.2, 0.25) is 0 Å². The van der Waals surface area contributed by atoms with Crippen LogP contribution >= 0.6 is 0 Å². The molecule has 2 rings (SSSR count). The molecule has 0 aromatic rings. The maximum Gasteiger partial charge on any atom is 0.114 e. The number of rotatable bonds is 7. The van der Waals surface area contributed by atoms with Crippen molar-refractivity contribution in [1.82, 2.24) is 4.90 Å². The van der Waals surface area contributed by atoms with Crippen LogP contribution in [0, 0.1) is 11.8 Å². The number of allylic oxidation sites excluding steroid dienone is 5. The van der Waals surface area contributed by atoms with Crippen molar-refractivity contribution in [1.29, 1.82) is 0 Å². The third kappa shape index (κ3) is 4.81. The highest BCUT2D eigenvalue weighted by Crippen LogP contribution is 2.41. The van der Waals surface area contributed by atoms with Crippen molar-refractivity contribution in [2.75, 3.05) is 13.1 Å². The van der Waals surface area contributed by atoms with Crippen LogP contribution in [-0.2, 0) is 4.74 Å². The Hall–Kier alpha value is -0.860. The van der Waals surface area contributed by atoms with E-state index in [1.54, 1.807) is 0 Å². The predicted octanol–water partition coefficient (Wildman–Crippen LogP) is 5.33. The molecule has 2 saturated heterocycles. The summed E-state index contributed by atoms with van der Waals surface area (Å²) in [6.07, 6.45) is 18.2. The van der Waals surface area contributed by atoms with Crippen LogP contribution < -0.4 is 0 Å². The molecule has 2 aliphatic rings. The van der Waals surface area contributed by atoms with Gasteiger partial charge in [-0.1, -0.05) is 51.2 Å². The van der Waals surface area contributed by atoms with Gasteiger partial charge in [0.1, 0.15) is 6.23 Å². The largest absolute Gasteiger partial charge is 0.359 e. The molecule has 2 fully saturated rings. The molecular formula is C21H35NO. The molecule has 0 amide bonds. The molecule has 2 heterocycles. The van der Waals surface area contributed by atoms with E-state index in [0.29, 0.717) is 24.2 Å². The van der Waals surface area contributed by atoms with Crippen LogP contribution in [0.5, 0.6) is 0 Å². The third-order valence-corrected chi connectivity index (χ3v) is 5.23. The summed E-state index contributed by atoms with van der Waals surface area (Å²) in [5.74, 6) is 1.23. The van der Waals surface area contributed by atoms with Gasteiger partial charge in [-0.2, -0.15) is 0 Å². The Morgan fingerprint density at radius 3 is 2.78 bits per heavy atom. The van der Waals surface area contributed by atoms with Gasteiger partial charge in [0, 0.05) is 24.9 Å². The molecule has 0 aliphatic carbocycles. The van der Waals surface area contributed by atoms with Crippen LogP contribution in [0.4, 0.5) is 0 Å². The monoisotopic (exact) mass is 317 g/mol. The molecule has 0 spiro atoms. The van der Waals surface area contributed by atoms with Crippen molar-refractivity contribution >= 4 is 0 Å². The Bertz CT molecular complexity index is 435. The number of fused-ring (bicyclic) bond motifs is 1. The molecule has 0 saturated carbocycles. The van der Waals surface area contributed by atoms with Gasteiger partial charge in [0.15, 0.2) is 0 Å². The van der Waals surface area contributed by atoms with Crippen molar-refractivity contribution in [3.8, 4) is 0 Å². The van der Waals surface area contributed by atoms with E-state index in [9.17, 15) is 0 Å². The van der Waals surface area contributed by atoms with Gasteiger partial charge in [0.05, 0.1) is 6.10 Å². The smallest absolute Gasteiger partial charge is 0.114 e. The van der Waals surface area contributed by atoms with Crippen LogP contribution in [0.25, 0.3) is 0 Å². The lowest BCUT2D eigenvalue weighted by molar-refractivity contribution is -0.0802. The minimum atomic E-state index is 0.336. The van der Waals surface area contributed by atoms with Crippen molar-refractivity contribution in [2.45, 2.75) is 72.1 Å². The number of likely N-dealkylation sites (tertiary alicyclic amines) is 1. The van der Waals surface area contributed by atoms with E-state index in [1.165, 1.54) is 37.9 Å². The average Bonchev–Trinajstić information content (AvgIpc) is 2.88. The highest BCUT2D eigenvalue weighted by molar-refractivity contribution is 5.24. The zero-order valence-electron chi connectivity index (χ0n) is 15.5. The summed E-state index contributed by atoms with van der Waals surface area (Å²) >= 11 is 0. The molecule has 2 aliphatic heterocycles. The summed E-state index contributed by atoms with van der Waals surface area (Å²) in [7, 11) is 0. The van der Waals surface area contributed by atoms with Gasteiger partial charge in [-0.25, -0.2) is 0 Å². The lowest BCUT2D eigenvalue weighted by Crippen LogP contribution is -2.44. The molecule has 4 unspecified atom stereocenters. The van der Waals surface area contributed by atoms with Crippen molar-refractivity contribution < 1.29 is 4.74 Å². The predicted molar refractivity (Wildman–Crippen MR) is 99.4 cm³/mol. The van der Waals surface area contributed by atoms with E-state index in [4.69, 9.17) is 4.74 Å². The topological polar surface area (TPSA) is 12.5 Å². The Morgan fingerprint density at radius 1 is 1.26 bits per heavy atom. The van der Waals surface area contributed by atoms with Crippen molar-refractivity contribution in [2.24, 2.45) is 11.8 Å². The van der Waals surface area contributed by atoms with E-state index in [2.05, 4.69) is 63.0 Å². The van der Waals surface area contributed by atoms with E-state index in [-0.39, 0.29) is 0 Å². The van der Waals surface area contributed by atoms with Crippen molar-refractivity contribution in [3.63, 3.8) is 0 Å². The van der Waals surface area contributed by atoms with Crippen LogP contribution in [0.2, 0.25) is 0 Å². The summed E-state index contributed by atoms with van der Waals surface area (Å²) in [5.41, 5.74) is 1.41. The summed E-state index contributed by atoms with van der Waals surface area (Å²) in [6, 6.07) is 0. The number of nitrogens with zero attached hydrogens (tertiary/aromatic N) is 1. The molecule has 0 radical (unpaired) electrons. The molecule has 0 bridgehead atoms. The lowest BCUT2D eigenvalue weighted by atomic mass is 9.83. The molecule has 2 nitrogen and oxygen atoms in total. The first-order chi connectivity index (χ1) is 11.2. The highest BCUT2D eigenvalue weighted by Gasteiger charge is 2.44. The van der Waals surface area contributed by atoms with E-state index in [1.807, 2.05) is 0 Å². The van der Waals surface area contributed by atoms with Crippen LogP contribution in [0.3, 0.4) is 0 Å². The minimum absolute atomic E-state index is 0.336. The lowest BCUT2D eigenvalue weighted by Gasteiger charge is -2.37. The number of piperidine rings is 1.